The number of hydrogen-bond acceptors (Lipinski definition) is 4. The molecule has 2 aromatic carbocycles. The molecule has 5 N–H and O–H groups in total. The van der Waals surface area contributed by atoms with Crippen molar-refractivity contribution < 1.29 is 14.6 Å². The lowest BCUT2D eigenvalue weighted by atomic mass is 10.1. The number of carbonyl (C=O) groups is 1. The summed E-state index contributed by atoms with van der Waals surface area (Å²) in [4.78, 5) is 11.4. The topological polar surface area (TPSA) is 98.6 Å². The van der Waals surface area contributed by atoms with Crippen LogP contribution in [0.2, 0.25) is 5.02 Å². The van der Waals surface area contributed by atoms with E-state index in [9.17, 15) is 4.79 Å². The zero-order chi connectivity index (χ0) is 14.7. The van der Waals surface area contributed by atoms with E-state index in [0.29, 0.717) is 11.4 Å². The molecule has 5 nitrogen and oxygen atoms in total. The van der Waals surface area contributed by atoms with Crippen LogP contribution in [-0.2, 0) is 6.61 Å². The molecule has 0 aliphatic carbocycles. The first kappa shape index (κ1) is 14.2. The Balaban J connectivity index is 2.39. The van der Waals surface area contributed by atoms with E-state index in [2.05, 4.69) is 0 Å². The third-order valence-electron chi connectivity index (χ3n) is 2.66. The first-order valence-electron chi connectivity index (χ1n) is 5.77. The molecule has 0 heterocycles. The summed E-state index contributed by atoms with van der Waals surface area (Å²) in [6.07, 6.45) is 0. The van der Waals surface area contributed by atoms with Crippen molar-refractivity contribution in [1.82, 2.24) is 0 Å². The van der Waals surface area contributed by atoms with E-state index < -0.39 is 5.91 Å². The fourth-order valence-electron chi connectivity index (χ4n) is 1.68. The largest absolute Gasteiger partial charge is 0.455 e. The Morgan fingerprint density at radius 1 is 1.25 bits per heavy atom. The average molecular weight is 293 g/mol. The Hall–Kier alpha value is -2.24. The van der Waals surface area contributed by atoms with Crippen LogP contribution in [0.5, 0.6) is 11.5 Å². The molecule has 1 amide bonds. The summed E-state index contributed by atoms with van der Waals surface area (Å²) in [5.74, 6) is -0.0531. The van der Waals surface area contributed by atoms with Crippen LogP contribution in [-0.4, -0.2) is 11.0 Å². The van der Waals surface area contributed by atoms with Gasteiger partial charge in [-0.1, -0.05) is 23.7 Å². The maximum Gasteiger partial charge on any atom is 0.252 e. The molecular formula is C14H13ClN2O3. The average Bonchev–Trinajstić information content (AvgIpc) is 2.42. The minimum Gasteiger partial charge on any atom is -0.455 e. The van der Waals surface area contributed by atoms with Gasteiger partial charge in [0.05, 0.1) is 17.2 Å². The lowest BCUT2D eigenvalue weighted by Crippen LogP contribution is -2.13. The van der Waals surface area contributed by atoms with E-state index in [0.717, 1.165) is 5.56 Å². The summed E-state index contributed by atoms with van der Waals surface area (Å²) >= 11 is 6.03. The minimum atomic E-state index is -0.679. The molecule has 0 unspecified atom stereocenters. The van der Waals surface area contributed by atoms with Crippen LogP contribution in [0.3, 0.4) is 0 Å². The normalized spacial score (nSPS) is 10.3. The number of carbonyl (C=O) groups excluding carboxylic acids is 1. The molecule has 0 spiro atoms. The van der Waals surface area contributed by atoms with Gasteiger partial charge in [-0.2, -0.15) is 0 Å². The van der Waals surface area contributed by atoms with Gasteiger partial charge in [-0.05, 0) is 29.8 Å². The van der Waals surface area contributed by atoms with Gasteiger partial charge in [-0.25, -0.2) is 0 Å². The first-order chi connectivity index (χ1) is 9.51. The lowest BCUT2D eigenvalue weighted by molar-refractivity contribution is 0.0998. The van der Waals surface area contributed by atoms with Gasteiger partial charge in [-0.3, -0.25) is 4.79 Å². The summed E-state index contributed by atoms with van der Waals surface area (Å²) in [5, 5.41) is 9.17. The molecular weight excluding hydrogens is 280 g/mol. The Labute approximate surface area is 120 Å². The number of benzene rings is 2. The third kappa shape index (κ3) is 3.01. The predicted octanol–water partition coefficient (Wildman–Crippen LogP) is 2.31. The number of ether oxygens (including phenoxy) is 1. The second kappa shape index (κ2) is 5.81. The molecule has 0 radical (unpaired) electrons. The molecule has 0 aliphatic rings. The van der Waals surface area contributed by atoms with Crippen molar-refractivity contribution in [3.05, 3.63) is 52.5 Å². The van der Waals surface area contributed by atoms with Crippen molar-refractivity contribution in [2.24, 2.45) is 5.73 Å². The number of anilines is 1. The minimum absolute atomic E-state index is 0.0601. The smallest absolute Gasteiger partial charge is 0.252 e. The fourth-order valence-corrected chi connectivity index (χ4v) is 1.95. The van der Waals surface area contributed by atoms with Crippen LogP contribution in [0.1, 0.15) is 15.9 Å². The van der Waals surface area contributed by atoms with Crippen LogP contribution < -0.4 is 16.2 Å². The van der Waals surface area contributed by atoms with E-state index in [1.54, 1.807) is 24.3 Å². The predicted molar refractivity (Wildman–Crippen MR) is 76.8 cm³/mol. The van der Waals surface area contributed by atoms with Crippen LogP contribution in [0.15, 0.2) is 36.4 Å². The number of aliphatic hydroxyl groups is 1. The van der Waals surface area contributed by atoms with Crippen molar-refractivity contribution in [3.63, 3.8) is 0 Å². The molecule has 0 saturated heterocycles. The number of amides is 1. The number of rotatable bonds is 4. The van der Waals surface area contributed by atoms with E-state index >= 15 is 0 Å². The summed E-state index contributed by atoms with van der Waals surface area (Å²) in [6.45, 7) is -0.0601. The summed E-state index contributed by atoms with van der Waals surface area (Å²) < 4.78 is 5.59. The van der Waals surface area contributed by atoms with E-state index in [4.69, 9.17) is 32.9 Å². The summed E-state index contributed by atoms with van der Waals surface area (Å²) in [7, 11) is 0. The van der Waals surface area contributed by atoms with Gasteiger partial charge >= 0.3 is 0 Å². The Bertz CT molecular complexity index is 642. The van der Waals surface area contributed by atoms with Gasteiger partial charge in [0.1, 0.15) is 5.75 Å². The first-order valence-corrected chi connectivity index (χ1v) is 6.15. The number of nitrogen functional groups attached to an aromatic ring is 1. The van der Waals surface area contributed by atoms with Gasteiger partial charge in [0, 0.05) is 5.69 Å². The van der Waals surface area contributed by atoms with E-state index in [-0.39, 0.29) is 22.9 Å². The molecule has 0 aromatic heterocycles. The molecule has 0 fully saturated rings. The van der Waals surface area contributed by atoms with Gasteiger partial charge in [-0.15, -0.1) is 0 Å². The van der Waals surface area contributed by atoms with Crippen molar-refractivity contribution in [3.8, 4) is 11.5 Å². The van der Waals surface area contributed by atoms with Gasteiger partial charge in [0.15, 0.2) is 5.75 Å². The summed E-state index contributed by atoms with van der Waals surface area (Å²) in [6, 6.07) is 9.60. The van der Waals surface area contributed by atoms with Crippen molar-refractivity contribution >= 4 is 23.2 Å². The quantitative estimate of drug-likeness (QED) is 0.753. The molecule has 20 heavy (non-hydrogen) atoms. The molecule has 104 valence electrons. The molecule has 0 saturated carbocycles. The fraction of sp³-hybridized carbons (Fsp3) is 0.0714. The Morgan fingerprint density at radius 2 is 1.90 bits per heavy atom. The van der Waals surface area contributed by atoms with Gasteiger partial charge in [0.2, 0.25) is 0 Å². The number of aliphatic hydroxyl groups excluding tert-OH is 1. The highest BCUT2D eigenvalue weighted by Crippen LogP contribution is 2.35. The highest BCUT2D eigenvalue weighted by molar-refractivity contribution is 6.33. The molecule has 6 heteroatoms. The molecule has 2 rings (SSSR count). The SMILES string of the molecule is NC(=O)c1cc(N)cc(Cl)c1Oc1ccc(CO)cc1. The zero-order valence-corrected chi connectivity index (χ0v) is 11.2. The second-order valence-corrected chi connectivity index (χ2v) is 4.55. The maximum atomic E-state index is 11.4. The summed E-state index contributed by atoms with van der Waals surface area (Å²) in [5.41, 5.74) is 12.1. The van der Waals surface area contributed by atoms with Crippen LogP contribution in [0.4, 0.5) is 5.69 Å². The van der Waals surface area contributed by atoms with Crippen molar-refractivity contribution in [2.75, 3.05) is 5.73 Å². The zero-order valence-electron chi connectivity index (χ0n) is 10.5. The van der Waals surface area contributed by atoms with Crippen LogP contribution in [0, 0.1) is 0 Å². The van der Waals surface area contributed by atoms with E-state index in [1.807, 2.05) is 0 Å². The highest BCUT2D eigenvalue weighted by atomic mass is 35.5. The third-order valence-corrected chi connectivity index (χ3v) is 2.94. The molecule has 0 aliphatic heterocycles. The second-order valence-electron chi connectivity index (χ2n) is 4.15. The molecule has 2 aromatic rings. The monoisotopic (exact) mass is 292 g/mol. The van der Waals surface area contributed by atoms with Gasteiger partial charge < -0.3 is 21.3 Å². The van der Waals surface area contributed by atoms with Crippen molar-refractivity contribution in [1.29, 1.82) is 0 Å². The maximum absolute atomic E-state index is 11.4. The Morgan fingerprint density at radius 3 is 2.45 bits per heavy atom. The Kier molecular flexibility index (Phi) is 4.12. The number of hydrogen-bond donors (Lipinski definition) is 3. The highest BCUT2D eigenvalue weighted by Gasteiger charge is 2.15. The van der Waals surface area contributed by atoms with Crippen LogP contribution in [0.25, 0.3) is 0 Å². The number of primary amides is 1. The number of nitrogens with two attached hydrogens (primary N) is 2. The van der Waals surface area contributed by atoms with Crippen molar-refractivity contribution in [2.45, 2.75) is 6.61 Å². The van der Waals surface area contributed by atoms with Gasteiger partial charge in [0.25, 0.3) is 5.91 Å². The standard InChI is InChI=1S/C14H13ClN2O3/c15-12-6-9(16)5-11(14(17)19)13(12)20-10-3-1-8(7-18)2-4-10/h1-6,18H,7,16H2,(H2,17,19). The van der Waals surface area contributed by atoms with E-state index in [1.165, 1.54) is 12.1 Å². The molecule has 0 bridgehead atoms. The lowest BCUT2D eigenvalue weighted by Gasteiger charge is -2.12. The molecule has 0 atom stereocenters. The number of halogens is 1. The van der Waals surface area contributed by atoms with Crippen LogP contribution >= 0.6 is 11.6 Å².